The lowest BCUT2D eigenvalue weighted by molar-refractivity contribution is -0.384. The van der Waals surface area contributed by atoms with Crippen molar-refractivity contribution in [2.24, 2.45) is 0 Å². The van der Waals surface area contributed by atoms with Crippen LogP contribution >= 0.6 is 0 Å². The van der Waals surface area contributed by atoms with Crippen LogP contribution in [0.5, 0.6) is 5.75 Å². The lowest BCUT2D eigenvalue weighted by Gasteiger charge is -2.10. The van der Waals surface area contributed by atoms with Crippen LogP contribution < -0.4 is 10.2 Å². The fourth-order valence-electron chi connectivity index (χ4n) is 1.22. The van der Waals surface area contributed by atoms with Crippen molar-refractivity contribution in [3.05, 3.63) is 33.9 Å². The van der Waals surface area contributed by atoms with Crippen molar-refractivity contribution in [2.45, 2.75) is 6.18 Å². The Kier molecular flexibility index (Phi) is 4.86. The topological polar surface area (TPSA) is 90.7 Å². The number of rotatable bonds is 5. The molecule has 0 aliphatic carbocycles. The fourth-order valence-corrected chi connectivity index (χ4v) is 1.22. The van der Waals surface area contributed by atoms with Crippen molar-refractivity contribution in [3.8, 4) is 5.75 Å². The number of nitro groups is 1. The van der Waals surface area contributed by atoms with E-state index in [1.807, 2.05) is 0 Å². The Morgan fingerprint density at radius 1 is 1.45 bits per heavy atom. The molecule has 0 saturated carbocycles. The van der Waals surface area contributed by atoms with Crippen LogP contribution in [0.3, 0.4) is 0 Å². The number of nitrogens with one attached hydrogen (secondary N) is 1. The molecule has 110 valence electrons. The number of nitro benzene ring substituents is 1. The number of benzene rings is 1. The number of non-ortho nitro benzene ring substituents is 1. The second-order valence-electron chi connectivity index (χ2n) is 3.48. The number of halogens is 3. The number of methoxy groups -OCH3 is 1. The summed E-state index contributed by atoms with van der Waals surface area (Å²) in [5.74, 6) is -1.17. The summed E-state index contributed by atoms with van der Waals surface area (Å²) < 4.78 is 40.2. The molecule has 0 unspecified atom stereocenters. The van der Waals surface area contributed by atoms with E-state index < -0.39 is 23.6 Å². The molecule has 0 radical (unpaired) electrons. The van der Waals surface area contributed by atoms with Gasteiger partial charge in [-0.05, 0) is 6.07 Å². The van der Waals surface area contributed by atoms with Crippen molar-refractivity contribution < 1.29 is 32.5 Å². The average molecular weight is 294 g/mol. The molecule has 0 atom stereocenters. The number of carbonyl (C=O) groups excluding carboxylic acids is 1. The third-order valence-corrected chi connectivity index (χ3v) is 2.04. The van der Waals surface area contributed by atoms with Gasteiger partial charge in [0.1, 0.15) is 5.75 Å². The van der Waals surface area contributed by atoms with E-state index in [0.717, 1.165) is 25.3 Å². The van der Waals surface area contributed by atoms with Crippen LogP contribution in [0.15, 0.2) is 18.2 Å². The minimum Gasteiger partial charge on any atom is -0.496 e. The number of carbonyl (C=O) groups is 1. The molecule has 20 heavy (non-hydrogen) atoms. The number of hydroxylamine groups is 1. The Hall–Kier alpha value is -2.36. The summed E-state index contributed by atoms with van der Waals surface area (Å²) in [5.41, 5.74) is 1.05. The van der Waals surface area contributed by atoms with Gasteiger partial charge in [0, 0.05) is 6.07 Å². The summed E-state index contributed by atoms with van der Waals surface area (Å²) in [4.78, 5) is 25.3. The first-order valence-electron chi connectivity index (χ1n) is 5.06. The third kappa shape index (κ3) is 4.39. The molecular formula is C10H9F3N2O5. The molecule has 0 fully saturated rings. The van der Waals surface area contributed by atoms with Crippen LogP contribution in [0.25, 0.3) is 0 Å². The molecule has 7 nitrogen and oxygen atoms in total. The standard InChI is InChI=1S/C10H9F3N2O5/c1-19-8-4-6(15(17)18)2-3-7(8)9(16)14-20-5-10(11,12)13/h2-4H,5H2,1H3,(H,14,16). The molecule has 1 rings (SSSR count). The zero-order valence-electron chi connectivity index (χ0n) is 10.1. The van der Waals surface area contributed by atoms with Crippen molar-refractivity contribution in [2.75, 3.05) is 13.7 Å². The Balaban J connectivity index is 2.80. The Morgan fingerprint density at radius 2 is 2.10 bits per heavy atom. The highest BCUT2D eigenvalue weighted by Crippen LogP contribution is 2.24. The van der Waals surface area contributed by atoms with Gasteiger partial charge in [0.25, 0.3) is 11.6 Å². The summed E-state index contributed by atoms with van der Waals surface area (Å²) in [5, 5.41) is 10.5. The minimum absolute atomic E-state index is 0.160. The number of ether oxygens (including phenoxy) is 1. The molecule has 1 aromatic rings. The smallest absolute Gasteiger partial charge is 0.414 e. The highest BCUT2D eigenvalue weighted by atomic mass is 19.4. The Morgan fingerprint density at radius 3 is 2.60 bits per heavy atom. The summed E-state index contributed by atoms with van der Waals surface area (Å²) in [6.45, 7) is -1.66. The Labute approximate surface area is 110 Å². The van der Waals surface area contributed by atoms with E-state index in [0.29, 0.717) is 0 Å². The lowest BCUT2D eigenvalue weighted by Crippen LogP contribution is -2.29. The highest BCUT2D eigenvalue weighted by Gasteiger charge is 2.28. The summed E-state index contributed by atoms with van der Waals surface area (Å²) in [6, 6.07) is 3.03. The summed E-state index contributed by atoms with van der Waals surface area (Å²) >= 11 is 0. The van der Waals surface area contributed by atoms with Gasteiger partial charge in [-0.3, -0.25) is 19.7 Å². The lowest BCUT2D eigenvalue weighted by atomic mass is 10.1. The quantitative estimate of drug-likeness (QED) is 0.660. The number of nitrogens with zero attached hydrogens (tertiary/aromatic N) is 1. The van der Waals surface area contributed by atoms with Gasteiger partial charge in [0.2, 0.25) is 0 Å². The number of amides is 1. The van der Waals surface area contributed by atoms with Gasteiger partial charge in [0.05, 0.1) is 23.7 Å². The van der Waals surface area contributed by atoms with E-state index in [4.69, 9.17) is 4.74 Å². The van der Waals surface area contributed by atoms with Crippen LogP contribution in [-0.2, 0) is 4.84 Å². The SMILES string of the molecule is COc1cc([N+](=O)[O-])ccc1C(=O)NOCC(F)(F)F. The molecule has 0 aliphatic rings. The zero-order valence-corrected chi connectivity index (χ0v) is 10.1. The second-order valence-corrected chi connectivity index (χ2v) is 3.48. The van der Waals surface area contributed by atoms with E-state index in [9.17, 15) is 28.1 Å². The maximum atomic E-state index is 11.8. The largest absolute Gasteiger partial charge is 0.496 e. The van der Waals surface area contributed by atoms with Crippen molar-refractivity contribution in [1.82, 2.24) is 5.48 Å². The van der Waals surface area contributed by atoms with Gasteiger partial charge in [-0.15, -0.1) is 0 Å². The summed E-state index contributed by atoms with van der Waals surface area (Å²) in [6.07, 6.45) is -4.59. The highest BCUT2D eigenvalue weighted by molar-refractivity contribution is 5.96. The van der Waals surface area contributed by atoms with Crippen LogP contribution in [0.1, 0.15) is 10.4 Å². The van der Waals surface area contributed by atoms with E-state index >= 15 is 0 Å². The predicted molar refractivity (Wildman–Crippen MR) is 59.1 cm³/mol. The van der Waals surface area contributed by atoms with Crippen LogP contribution in [-0.4, -0.2) is 30.7 Å². The van der Waals surface area contributed by atoms with Gasteiger partial charge in [-0.25, -0.2) is 5.48 Å². The molecule has 10 heteroatoms. The number of hydrogen-bond donors (Lipinski definition) is 1. The molecule has 1 aromatic carbocycles. The molecule has 0 bridgehead atoms. The molecule has 0 saturated heterocycles. The molecule has 0 heterocycles. The van der Waals surface area contributed by atoms with Crippen molar-refractivity contribution >= 4 is 11.6 Å². The minimum atomic E-state index is -4.59. The fraction of sp³-hybridized carbons (Fsp3) is 0.300. The first-order valence-corrected chi connectivity index (χ1v) is 5.06. The van der Waals surface area contributed by atoms with Crippen LogP contribution in [0.4, 0.5) is 18.9 Å². The van der Waals surface area contributed by atoms with Crippen LogP contribution in [0.2, 0.25) is 0 Å². The normalized spacial score (nSPS) is 11.0. The van der Waals surface area contributed by atoms with Gasteiger partial charge >= 0.3 is 6.18 Å². The monoisotopic (exact) mass is 294 g/mol. The van der Waals surface area contributed by atoms with E-state index in [1.54, 1.807) is 5.48 Å². The third-order valence-electron chi connectivity index (χ3n) is 2.04. The zero-order chi connectivity index (χ0) is 15.3. The first kappa shape index (κ1) is 15.7. The molecule has 0 spiro atoms. The van der Waals surface area contributed by atoms with E-state index in [-0.39, 0.29) is 17.0 Å². The first-order chi connectivity index (χ1) is 9.24. The van der Waals surface area contributed by atoms with E-state index in [2.05, 4.69) is 4.84 Å². The summed E-state index contributed by atoms with van der Waals surface area (Å²) in [7, 11) is 1.16. The van der Waals surface area contributed by atoms with Gasteiger partial charge in [-0.2, -0.15) is 13.2 Å². The molecule has 1 N–H and O–H groups in total. The second kappa shape index (κ2) is 6.19. The van der Waals surface area contributed by atoms with Gasteiger partial charge in [0.15, 0.2) is 6.61 Å². The molecule has 1 amide bonds. The average Bonchev–Trinajstić information content (AvgIpc) is 2.36. The van der Waals surface area contributed by atoms with Gasteiger partial charge < -0.3 is 4.74 Å². The maximum absolute atomic E-state index is 11.8. The molecule has 0 aliphatic heterocycles. The molecular weight excluding hydrogens is 285 g/mol. The number of alkyl halides is 3. The van der Waals surface area contributed by atoms with Crippen molar-refractivity contribution in [3.63, 3.8) is 0 Å². The van der Waals surface area contributed by atoms with Gasteiger partial charge in [-0.1, -0.05) is 0 Å². The number of hydrogen-bond acceptors (Lipinski definition) is 5. The van der Waals surface area contributed by atoms with Crippen molar-refractivity contribution in [1.29, 1.82) is 0 Å². The van der Waals surface area contributed by atoms with E-state index in [1.165, 1.54) is 0 Å². The Bertz CT molecular complexity index is 518. The van der Waals surface area contributed by atoms with Crippen LogP contribution in [0, 0.1) is 10.1 Å². The maximum Gasteiger partial charge on any atom is 0.414 e. The predicted octanol–water partition coefficient (Wildman–Crippen LogP) is 1.83. The molecule has 0 aromatic heterocycles.